The summed E-state index contributed by atoms with van der Waals surface area (Å²) in [7, 11) is 1.87. The van der Waals surface area contributed by atoms with Crippen molar-refractivity contribution >= 4 is 0 Å². The number of hydrogen-bond acceptors (Lipinski definition) is 1. The summed E-state index contributed by atoms with van der Waals surface area (Å²) in [6, 6.07) is 0. The maximum atomic E-state index is 5.63. The van der Waals surface area contributed by atoms with Gasteiger partial charge in [0.2, 0.25) is 0 Å². The second-order valence-electron chi connectivity index (χ2n) is 5.05. The zero-order valence-electron chi connectivity index (χ0n) is 8.83. The molecule has 0 heterocycles. The van der Waals surface area contributed by atoms with Crippen molar-refractivity contribution in [3.63, 3.8) is 0 Å². The Morgan fingerprint density at radius 2 is 1.93 bits per heavy atom. The first-order valence-corrected chi connectivity index (χ1v) is 5.73. The number of allylic oxidation sites excluding steroid dienone is 3. The number of rotatable bonds is 1. The van der Waals surface area contributed by atoms with E-state index in [1.54, 1.807) is 0 Å². The highest BCUT2D eigenvalue weighted by Crippen LogP contribution is 2.67. The zero-order chi connectivity index (χ0) is 9.65. The first-order valence-electron chi connectivity index (χ1n) is 5.73. The van der Waals surface area contributed by atoms with Gasteiger partial charge in [0.25, 0.3) is 0 Å². The Bertz CT molecular complexity index is 304. The van der Waals surface area contributed by atoms with Crippen LogP contribution in [0, 0.1) is 10.8 Å². The van der Waals surface area contributed by atoms with Crippen molar-refractivity contribution in [1.82, 2.24) is 0 Å². The second kappa shape index (κ2) is 2.73. The minimum Gasteiger partial charge on any atom is -0.380 e. The maximum Gasteiger partial charge on any atom is 0.0679 e. The summed E-state index contributed by atoms with van der Waals surface area (Å²) in [6.07, 6.45) is 16.5. The van der Waals surface area contributed by atoms with Gasteiger partial charge in [-0.05, 0) is 19.3 Å². The highest BCUT2D eigenvalue weighted by Gasteiger charge is 2.63. The van der Waals surface area contributed by atoms with E-state index in [0.29, 0.717) is 16.9 Å². The van der Waals surface area contributed by atoms with Crippen molar-refractivity contribution in [1.29, 1.82) is 0 Å². The molecule has 0 spiro atoms. The standard InChI is InChI=1S/C13H18O/c1-14-11-10-12-6-2-4-8-13(11,12)9-5-3-7-12/h2,4,6,8,11H,3,5,7,9-10H2,1H3/t11-,12-,13+/m0/s1. The van der Waals surface area contributed by atoms with Crippen LogP contribution in [0.25, 0.3) is 0 Å². The van der Waals surface area contributed by atoms with Crippen molar-refractivity contribution < 1.29 is 4.74 Å². The molecule has 0 aromatic heterocycles. The van der Waals surface area contributed by atoms with Crippen LogP contribution in [0.15, 0.2) is 24.3 Å². The molecule has 3 aliphatic rings. The van der Waals surface area contributed by atoms with E-state index < -0.39 is 0 Å². The van der Waals surface area contributed by atoms with Gasteiger partial charge in [-0.25, -0.2) is 0 Å². The Hall–Kier alpha value is -0.560. The molecule has 0 aromatic carbocycles. The smallest absolute Gasteiger partial charge is 0.0679 e. The van der Waals surface area contributed by atoms with E-state index >= 15 is 0 Å². The lowest BCUT2D eigenvalue weighted by Crippen LogP contribution is -2.62. The summed E-state index contributed by atoms with van der Waals surface area (Å²) < 4.78 is 5.63. The molecule has 2 saturated carbocycles. The van der Waals surface area contributed by atoms with Gasteiger partial charge in [0.05, 0.1) is 6.10 Å². The minimum absolute atomic E-state index is 0.370. The third-order valence-electron chi connectivity index (χ3n) is 4.72. The molecule has 0 aromatic rings. The molecule has 2 fully saturated rings. The largest absolute Gasteiger partial charge is 0.380 e. The molecule has 3 atom stereocenters. The van der Waals surface area contributed by atoms with Crippen molar-refractivity contribution in [2.24, 2.45) is 10.8 Å². The Kier molecular flexibility index (Phi) is 1.70. The van der Waals surface area contributed by atoms with Gasteiger partial charge in [0.15, 0.2) is 0 Å². The van der Waals surface area contributed by atoms with Crippen LogP contribution in [0.4, 0.5) is 0 Å². The van der Waals surface area contributed by atoms with Gasteiger partial charge in [-0.2, -0.15) is 0 Å². The molecule has 0 N–H and O–H groups in total. The molecule has 3 rings (SSSR count). The number of methoxy groups -OCH3 is 1. The van der Waals surface area contributed by atoms with Crippen molar-refractivity contribution in [3.05, 3.63) is 24.3 Å². The molecule has 0 radical (unpaired) electrons. The summed E-state index contributed by atoms with van der Waals surface area (Å²) in [5.74, 6) is 0. The fraction of sp³-hybridized carbons (Fsp3) is 0.692. The molecule has 3 aliphatic carbocycles. The third-order valence-corrected chi connectivity index (χ3v) is 4.72. The van der Waals surface area contributed by atoms with Gasteiger partial charge >= 0.3 is 0 Å². The molecule has 14 heavy (non-hydrogen) atoms. The molecule has 76 valence electrons. The predicted molar refractivity (Wildman–Crippen MR) is 57.0 cm³/mol. The topological polar surface area (TPSA) is 9.23 Å². The van der Waals surface area contributed by atoms with Crippen LogP contribution in [-0.2, 0) is 4.74 Å². The molecular weight excluding hydrogens is 172 g/mol. The Morgan fingerprint density at radius 3 is 2.79 bits per heavy atom. The van der Waals surface area contributed by atoms with Gasteiger partial charge in [-0.15, -0.1) is 0 Å². The zero-order valence-corrected chi connectivity index (χ0v) is 8.83. The highest BCUT2D eigenvalue weighted by molar-refractivity contribution is 5.34. The van der Waals surface area contributed by atoms with E-state index in [1.807, 2.05) is 7.11 Å². The molecular formula is C13H18O. The van der Waals surface area contributed by atoms with Crippen molar-refractivity contribution in [2.45, 2.75) is 38.2 Å². The van der Waals surface area contributed by atoms with Crippen LogP contribution in [0.5, 0.6) is 0 Å². The van der Waals surface area contributed by atoms with Gasteiger partial charge in [-0.1, -0.05) is 37.1 Å². The maximum absolute atomic E-state index is 5.63. The molecule has 0 amide bonds. The van der Waals surface area contributed by atoms with Crippen LogP contribution in [0.2, 0.25) is 0 Å². The van der Waals surface area contributed by atoms with Gasteiger partial charge in [-0.3, -0.25) is 0 Å². The lowest BCUT2D eigenvalue weighted by atomic mass is 9.41. The SMILES string of the molecule is CO[C@H]1C[C@@]23C=CC=C[C@@]12CCCC3. The van der Waals surface area contributed by atoms with Gasteiger partial charge in [0, 0.05) is 17.9 Å². The van der Waals surface area contributed by atoms with Crippen LogP contribution in [-0.4, -0.2) is 13.2 Å². The molecule has 1 nitrogen and oxygen atoms in total. The quantitative estimate of drug-likeness (QED) is 0.617. The third kappa shape index (κ3) is 0.802. The first-order chi connectivity index (χ1) is 6.83. The Labute approximate surface area is 85.8 Å². The van der Waals surface area contributed by atoms with E-state index in [4.69, 9.17) is 4.74 Å². The van der Waals surface area contributed by atoms with Crippen LogP contribution >= 0.6 is 0 Å². The molecule has 0 aliphatic heterocycles. The summed E-state index contributed by atoms with van der Waals surface area (Å²) >= 11 is 0. The first kappa shape index (κ1) is 8.72. The average Bonchev–Trinajstić information content (AvgIpc) is 2.21. The van der Waals surface area contributed by atoms with Crippen LogP contribution in [0.1, 0.15) is 32.1 Å². The van der Waals surface area contributed by atoms with E-state index in [9.17, 15) is 0 Å². The molecule has 1 heteroatoms. The van der Waals surface area contributed by atoms with Crippen LogP contribution in [0.3, 0.4) is 0 Å². The van der Waals surface area contributed by atoms with E-state index in [2.05, 4.69) is 24.3 Å². The van der Waals surface area contributed by atoms with Crippen molar-refractivity contribution in [2.75, 3.05) is 7.11 Å². The van der Waals surface area contributed by atoms with E-state index in [0.717, 1.165) is 0 Å². The lowest BCUT2D eigenvalue weighted by molar-refractivity contribution is -0.174. The summed E-state index contributed by atoms with van der Waals surface area (Å²) in [5, 5.41) is 0. The number of ether oxygens (including phenoxy) is 1. The monoisotopic (exact) mass is 190 g/mol. The average molecular weight is 190 g/mol. The van der Waals surface area contributed by atoms with Crippen molar-refractivity contribution in [3.8, 4) is 0 Å². The normalized spacial score (nSPS) is 49.4. The van der Waals surface area contributed by atoms with Crippen LogP contribution < -0.4 is 0 Å². The summed E-state index contributed by atoms with van der Waals surface area (Å²) in [4.78, 5) is 0. The fourth-order valence-electron chi connectivity index (χ4n) is 3.92. The van der Waals surface area contributed by atoms with E-state index in [-0.39, 0.29) is 0 Å². The molecule has 0 bridgehead atoms. The molecule has 0 saturated heterocycles. The summed E-state index contributed by atoms with van der Waals surface area (Å²) in [5.41, 5.74) is 0.843. The second-order valence-corrected chi connectivity index (χ2v) is 5.05. The Balaban J connectivity index is 2.00. The van der Waals surface area contributed by atoms with Gasteiger partial charge < -0.3 is 4.74 Å². The highest BCUT2D eigenvalue weighted by atomic mass is 16.5. The fourth-order valence-corrected chi connectivity index (χ4v) is 3.92. The lowest BCUT2D eigenvalue weighted by Gasteiger charge is -2.65. The number of hydrogen-bond donors (Lipinski definition) is 0. The van der Waals surface area contributed by atoms with Gasteiger partial charge in [0.1, 0.15) is 0 Å². The summed E-state index contributed by atoms with van der Waals surface area (Å²) in [6.45, 7) is 0. The Morgan fingerprint density at radius 1 is 1.14 bits per heavy atom. The molecule has 0 unspecified atom stereocenters. The minimum atomic E-state index is 0.370. The predicted octanol–water partition coefficient (Wildman–Crippen LogP) is 3.08. The van der Waals surface area contributed by atoms with E-state index in [1.165, 1.54) is 32.1 Å².